The number of esters is 1. The molecule has 0 heterocycles. The van der Waals surface area contributed by atoms with Gasteiger partial charge in [0.15, 0.2) is 0 Å². The highest BCUT2D eigenvalue weighted by atomic mass is 16.5. The molecule has 4 nitrogen and oxygen atoms in total. The molecule has 0 aromatic heterocycles. The Labute approximate surface area is 121 Å². The van der Waals surface area contributed by atoms with Gasteiger partial charge in [0, 0.05) is 25.3 Å². The minimum absolute atomic E-state index is 0.187. The summed E-state index contributed by atoms with van der Waals surface area (Å²) in [6.45, 7) is 4.79. The molecule has 1 atom stereocenters. The number of nitrogens with one attached hydrogen (secondary N) is 1. The van der Waals surface area contributed by atoms with Crippen LogP contribution in [0.1, 0.15) is 24.0 Å². The number of rotatable bonds is 6. The molecule has 1 saturated carbocycles. The van der Waals surface area contributed by atoms with Crippen LogP contribution >= 0.6 is 0 Å². The van der Waals surface area contributed by atoms with E-state index >= 15 is 0 Å². The first-order valence-corrected chi connectivity index (χ1v) is 7.13. The Kier molecular flexibility index (Phi) is 4.65. The van der Waals surface area contributed by atoms with E-state index in [2.05, 4.69) is 42.3 Å². The molecule has 110 valence electrons. The van der Waals surface area contributed by atoms with Crippen molar-refractivity contribution in [2.24, 2.45) is 0 Å². The molecule has 1 aliphatic rings. The van der Waals surface area contributed by atoms with Crippen LogP contribution in [0.4, 0.5) is 5.69 Å². The number of benzene rings is 1. The van der Waals surface area contributed by atoms with Crippen molar-refractivity contribution in [2.75, 3.05) is 25.6 Å². The van der Waals surface area contributed by atoms with Crippen LogP contribution in [-0.2, 0) is 9.53 Å². The van der Waals surface area contributed by atoms with Crippen LogP contribution in [0.5, 0.6) is 0 Å². The molecule has 0 amide bonds. The highest BCUT2D eigenvalue weighted by Gasteiger charge is 2.29. The number of likely N-dealkylation sites (N-methyl/N-ethyl adjacent to an activating group) is 1. The summed E-state index contributed by atoms with van der Waals surface area (Å²) in [5, 5.41) is 3.36. The van der Waals surface area contributed by atoms with Crippen molar-refractivity contribution >= 4 is 11.7 Å². The summed E-state index contributed by atoms with van der Waals surface area (Å²) in [6, 6.07) is 6.64. The van der Waals surface area contributed by atoms with E-state index in [1.54, 1.807) is 0 Å². The largest absolute Gasteiger partial charge is 0.468 e. The normalized spacial score (nSPS) is 15.8. The first kappa shape index (κ1) is 14.9. The van der Waals surface area contributed by atoms with E-state index in [0.717, 1.165) is 18.5 Å². The lowest BCUT2D eigenvalue weighted by Crippen LogP contribution is -2.46. The third-order valence-electron chi connectivity index (χ3n) is 3.60. The van der Waals surface area contributed by atoms with Gasteiger partial charge in [-0.1, -0.05) is 6.07 Å². The molecule has 4 heteroatoms. The first-order valence-electron chi connectivity index (χ1n) is 7.13. The Morgan fingerprint density at radius 1 is 1.35 bits per heavy atom. The summed E-state index contributed by atoms with van der Waals surface area (Å²) >= 11 is 0. The van der Waals surface area contributed by atoms with Gasteiger partial charge in [0.05, 0.1) is 7.11 Å². The fraction of sp³-hybridized carbons (Fsp3) is 0.562. The number of nitrogens with zero attached hydrogens (tertiary/aromatic N) is 1. The second-order valence-corrected chi connectivity index (χ2v) is 5.74. The van der Waals surface area contributed by atoms with Gasteiger partial charge in [-0.25, -0.2) is 0 Å². The van der Waals surface area contributed by atoms with E-state index in [0.29, 0.717) is 12.6 Å². The Morgan fingerprint density at radius 3 is 2.45 bits per heavy atom. The molecule has 1 N–H and O–H groups in total. The fourth-order valence-corrected chi connectivity index (χ4v) is 2.42. The SMILES string of the molecule is COC(=O)C(CN(C)c1cc(C)cc(C)c1)NC1CC1. The van der Waals surface area contributed by atoms with Crippen molar-refractivity contribution in [3.8, 4) is 0 Å². The molecule has 1 fully saturated rings. The van der Waals surface area contributed by atoms with Crippen LogP contribution in [0, 0.1) is 13.8 Å². The minimum Gasteiger partial charge on any atom is -0.468 e. The van der Waals surface area contributed by atoms with Gasteiger partial charge in [0.25, 0.3) is 0 Å². The maximum absolute atomic E-state index is 11.9. The van der Waals surface area contributed by atoms with Crippen molar-refractivity contribution < 1.29 is 9.53 Å². The molecule has 1 aliphatic carbocycles. The number of methoxy groups -OCH3 is 1. The van der Waals surface area contributed by atoms with Gasteiger partial charge in [-0.15, -0.1) is 0 Å². The second kappa shape index (κ2) is 6.27. The molecule has 0 spiro atoms. The van der Waals surface area contributed by atoms with E-state index in [1.807, 2.05) is 7.05 Å². The first-order chi connectivity index (χ1) is 9.49. The van der Waals surface area contributed by atoms with E-state index in [4.69, 9.17) is 4.74 Å². The van der Waals surface area contributed by atoms with Crippen LogP contribution in [0.3, 0.4) is 0 Å². The van der Waals surface area contributed by atoms with E-state index in [-0.39, 0.29) is 12.0 Å². The van der Waals surface area contributed by atoms with Gasteiger partial charge in [0.2, 0.25) is 0 Å². The summed E-state index contributed by atoms with van der Waals surface area (Å²) in [6.07, 6.45) is 2.31. The third-order valence-corrected chi connectivity index (χ3v) is 3.60. The fourth-order valence-electron chi connectivity index (χ4n) is 2.42. The van der Waals surface area contributed by atoms with Crippen molar-refractivity contribution in [2.45, 2.75) is 38.8 Å². The number of hydrogen-bond donors (Lipinski definition) is 1. The zero-order chi connectivity index (χ0) is 14.7. The summed E-state index contributed by atoms with van der Waals surface area (Å²) in [5.41, 5.74) is 3.60. The number of carbonyl (C=O) groups is 1. The molecular formula is C16H24N2O2. The molecule has 0 radical (unpaired) electrons. The predicted octanol–water partition coefficient (Wildman–Crippen LogP) is 2.03. The smallest absolute Gasteiger partial charge is 0.324 e. The third kappa shape index (κ3) is 3.97. The molecule has 0 aliphatic heterocycles. The van der Waals surface area contributed by atoms with Crippen LogP contribution in [0.15, 0.2) is 18.2 Å². The highest BCUT2D eigenvalue weighted by molar-refractivity contribution is 5.76. The van der Waals surface area contributed by atoms with Crippen molar-refractivity contribution in [3.63, 3.8) is 0 Å². The number of ether oxygens (including phenoxy) is 1. The number of hydrogen-bond acceptors (Lipinski definition) is 4. The second-order valence-electron chi connectivity index (χ2n) is 5.74. The van der Waals surface area contributed by atoms with E-state index in [9.17, 15) is 4.79 Å². The Morgan fingerprint density at radius 2 is 1.95 bits per heavy atom. The molecule has 1 aromatic rings. The Hall–Kier alpha value is -1.55. The van der Waals surface area contributed by atoms with Gasteiger partial charge in [-0.3, -0.25) is 4.79 Å². The molecule has 0 bridgehead atoms. The average Bonchev–Trinajstić information content (AvgIpc) is 3.19. The lowest BCUT2D eigenvalue weighted by molar-refractivity contribution is -0.142. The van der Waals surface area contributed by atoms with E-state index in [1.165, 1.54) is 18.2 Å². The van der Waals surface area contributed by atoms with Crippen molar-refractivity contribution in [1.29, 1.82) is 0 Å². The topological polar surface area (TPSA) is 41.6 Å². The van der Waals surface area contributed by atoms with Crippen LogP contribution in [0.25, 0.3) is 0 Å². The zero-order valence-electron chi connectivity index (χ0n) is 12.8. The maximum Gasteiger partial charge on any atom is 0.324 e. The summed E-state index contributed by atoms with van der Waals surface area (Å²) in [4.78, 5) is 14.0. The lowest BCUT2D eigenvalue weighted by atomic mass is 10.1. The van der Waals surface area contributed by atoms with Crippen LogP contribution < -0.4 is 10.2 Å². The number of carbonyl (C=O) groups excluding carboxylic acids is 1. The van der Waals surface area contributed by atoms with Gasteiger partial charge in [-0.05, 0) is 49.9 Å². The average molecular weight is 276 g/mol. The summed E-state index contributed by atoms with van der Waals surface area (Å²) < 4.78 is 4.90. The predicted molar refractivity (Wildman–Crippen MR) is 81.1 cm³/mol. The molecule has 1 aromatic carbocycles. The number of aryl methyl sites for hydroxylation is 2. The van der Waals surface area contributed by atoms with Crippen molar-refractivity contribution in [1.82, 2.24) is 5.32 Å². The number of anilines is 1. The van der Waals surface area contributed by atoms with Crippen LogP contribution in [-0.4, -0.2) is 38.8 Å². The Balaban J connectivity index is 2.05. The molecule has 1 unspecified atom stereocenters. The van der Waals surface area contributed by atoms with Gasteiger partial charge in [-0.2, -0.15) is 0 Å². The van der Waals surface area contributed by atoms with Gasteiger partial charge >= 0.3 is 5.97 Å². The van der Waals surface area contributed by atoms with Gasteiger partial charge < -0.3 is 15.0 Å². The molecule has 0 saturated heterocycles. The van der Waals surface area contributed by atoms with Crippen LogP contribution in [0.2, 0.25) is 0 Å². The monoisotopic (exact) mass is 276 g/mol. The van der Waals surface area contributed by atoms with Gasteiger partial charge in [0.1, 0.15) is 6.04 Å². The molecular weight excluding hydrogens is 252 g/mol. The lowest BCUT2D eigenvalue weighted by Gasteiger charge is -2.25. The standard InChI is InChI=1S/C16H24N2O2/c1-11-7-12(2)9-14(8-11)18(3)10-15(16(19)20-4)17-13-5-6-13/h7-9,13,15,17H,5-6,10H2,1-4H3. The maximum atomic E-state index is 11.9. The highest BCUT2D eigenvalue weighted by Crippen LogP contribution is 2.21. The van der Waals surface area contributed by atoms with Crippen molar-refractivity contribution in [3.05, 3.63) is 29.3 Å². The summed E-state index contributed by atoms with van der Waals surface area (Å²) in [5.74, 6) is -0.187. The quantitative estimate of drug-likeness (QED) is 0.807. The summed E-state index contributed by atoms with van der Waals surface area (Å²) in [7, 11) is 3.46. The zero-order valence-corrected chi connectivity index (χ0v) is 12.8. The molecule has 2 rings (SSSR count). The van der Waals surface area contributed by atoms with E-state index < -0.39 is 0 Å². The minimum atomic E-state index is -0.265. The molecule has 20 heavy (non-hydrogen) atoms. The Bertz CT molecular complexity index is 463.